The fraction of sp³-hybridized carbons (Fsp3) is 0.350. The van der Waals surface area contributed by atoms with E-state index in [-0.39, 0.29) is 22.4 Å². The van der Waals surface area contributed by atoms with Crippen LogP contribution < -0.4 is 5.32 Å². The first-order valence-electron chi connectivity index (χ1n) is 8.78. The second-order valence-corrected chi connectivity index (χ2v) is 8.96. The molecule has 2 aromatic rings. The molecule has 1 aliphatic carbocycles. The van der Waals surface area contributed by atoms with Crippen LogP contribution in [-0.2, 0) is 15.4 Å². The van der Waals surface area contributed by atoms with Gasteiger partial charge in [0.25, 0.3) is 5.91 Å². The second-order valence-electron chi connectivity index (χ2n) is 6.68. The van der Waals surface area contributed by atoms with Crippen LogP contribution in [0.5, 0.6) is 0 Å². The van der Waals surface area contributed by atoms with Crippen LogP contribution in [-0.4, -0.2) is 20.1 Å². The van der Waals surface area contributed by atoms with E-state index in [1.807, 2.05) is 0 Å². The molecule has 6 heteroatoms. The first-order chi connectivity index (χ1) is 12.4. The molecule has 0 aromatic heterocycles. The first-order valence-corrected chi connectivity index (χ1v) is 10.4. The molecule has 0 radical (unpaired) electrons. The Bertz CT molecular complexity index is 884. The zero-order chi connectivity index (χ0) is 18.8. The summed E-state index contributed by atoms with van der Waals surface area (Å²) in [7, 11) is -3.29. The molecule has 1 amide bonds. The van der Waals surface area contributed by atoms with Crippen molar-refractivity contribution in [3.8, 4) is 0 Å². The molecule has 1 N–H and O–H groups in total. The number of benzene rings is 2. The van der Waals surface area contributed by atoms with Crippen LogP contribution in [0.4, 0.5) is 4.39 Å². The fourth-order valence-corrected chi connectivity index (χ4v) is 4.39. The van der Waals surface area contributed by atoms with E-state index in [2.05, 4.69) is 5.32 Å². The third-order valence-corrected chi connectivity index (χ3v) is 6.81. The van der Waals surface area contributed by atoms with Crippen molar-refractivity contribution in [2.45, 2.75) is 43.0 Å². The summed E-state index contributed by atoms with van der Waals surface area (Å²) in [6, 6.07) is 12.3. The molecule has 2 aromatic carbocycles. The number of hydrogen-bond acceptors (Lipinski definition) is 3. The smallest absolute Gasteiger partial charge is 0.251 e. The topological polar surface area (TPSA) is 63.2 Å². The summed E-state index contributed by atoms with van der Waals surface area (Å²) in [5, 5.41) is 3.11. The van der Waals surface area contributed by atoms with Gasteiger partial charge in [-0.05, 0) is 54.8 Å². The Hall–Kier alpha value is -2.21. The molecule has 0 unspecified atom stereocenters. The van der Waals surface area contributed by atoms with Gasteiger partial charge in [0.05, 0.1) is 16.2 Å². The number of halogens is 1. The molecule has 1 aliphatic rings. The number of rotatable bonds is 5. The highest BCUT2D eigenvalue weighted by Crippen LogP contribution is 2.39. The molecular weight excluding hydrogens is 353 g/mol. The van der Waals surface area contributed by atoms with Gasteiger partial charge in [0.2, 0.25) is 0 Å². The van der Waals surface area contributed by atoms with Crippen LogP contribution >= 0.6 is 0 Å². The summed E-state index contributed by atoms with van der Waals surface area (Å²) in [5.41, 5.74) is 0.808. The van der Waals surface area contributed by atoms with Crippen molar-refractivity contribution in [2.75, 3.05) is 5.75 Å². The molecule has 0 bridgehead atoms. The Balaban J connectivity index is 1.84. The first kappa shape index (κ1) is 18.6. The second kappa shape index (κ2) is 7.19. The van der Waals surface area contributed by atoms with Gasteiger partial charge < -0.3 is 5.32 Å². The average Bonchev–Trinajstić information content (AvgIpc) is 3.12. The lowest BCUT2D eigenvalue weighted by atomic mass is 9.87. The van der Waals surface area contributed by atoms with E-state index in [1.54, 1.807) is 19.1 Å². The van der Waals surface area contributed by atoms with Gasteiger partial charge in [-0.1, -0.05) is 31.9 Å². The fourth-order valence-electron chi connectivity index (χ4n) is 3.50. The lowest BCUT2D eigenvalue weighted by Gasteiger charge is -2.31. The number of carbonyl (C=O) groups excluding carboxylic acids is 1. The van der Waals surface area contributed by atoms with E-state index in [9.17, 15) is 17.6 Å². The summed E-state index contributed by atoms with van der Waals surface area (Å²) in [4.78, 5) is 13.0. The van der Waals surface area contributed by atoms with Crippen LogP contribution in [0.3, 0.4) is 0 Å². The lowest BCUT2D eigenvalue weighted by Crippen LogP contribution is -2.43. The van der Waals surface area contributed by atoms with Gasteiger partial charge in [-0.2, -0.15) is 0 Å². The van der Waals surface area contributed by atoms with Crippen molar-refractivity contribution in [3.63, 3.8) is 0 Å². The third-order valence-electron chi connectivity index (χ3n) is 5.06. The van der Waals surface area contributed by atoms with Crippen molar-refractivity contribution < 1.29 is 17.6 Å². The third kappa shape index (κ3) is 3.65. The van der Waals surface area contributed by atoms with Gasteiger partial charge >= 0.3 is 0 Å². The van der Waals surface area contributed by atoms with E-state index in [1.165, 1.54) is 36.4 Å². The van der Waals surface area contributed by atoms with Crippen LogP contribution in [0.25, 0.3) is 0 Å². The molecule has 3 rings (SSSR count). The predicted octanol–water partition coefficient (Wildman–Crippen LogP) is 3.82. The normalized spacial score (nSPS) is 16.4. The number of amides is 1. The van der Waals surface area contributed by atoms with E-state index in [0.29, 0.717) is 5.56 Å². The largest absolute Gasteiger partial charge is 0.343 e. The summed E-state index contributed by atoms with van der Waals surface area (Å²) < 4.78 is 37.0. The molecule has 0 heterocycles. The zero-order valence-electron chi connectivity index (χ0n) is 14.7. The van der Waals surface area contributed by atoms with E-state index < -0.39 is 15.4 Å². The van der Waals surface area contributed by atoms with E-state index >= 15 is 0 Å². The highest BCUT2D eigenvalue weighted by Gasteiger charge is 2.37. The van der Waals surface area contributed by atoms with Crippen molar-refractivity contribution in [1.29, 1.82) is 0 Å². The minimum absolute atomic E-state index is 0.0201. The maximum Gasteiger partial charge on any atom is 0.251 e. The van der Waals surface area contributed by atoms with Crippen LogP contribution in [0, 0.1) is 5.82 Å². The molecule has 0 spiro atoms. The molecule has 1 saturated carbocycles. The number of hydrogen-bond donors (Lipinski definition) is 1. The Kier molecular flexibility index (Phi) is 5.14. The van der Waals surface area contributed by atoms with Gasteiger partial charge in [-0.3, -0.25) is 4.79 Å². The monoisotopic (exact) mass is 375 g/mol. The molecule has 1 fully saturated rings. The number of carbonyl (C=O) groups is 1. The zero-order valence-corrected chi connectivity index (χ0v) is 15.5. The van der Waals surface area contributed by atoms with E-state index in [4.69, 9.17) is 0 Å². The van der Waals surface area contributed by atoms with Crippen molar-refractivity contribution in [1.82, 2.24) is 5.32 Å². The number of nitrogens with one attached hydrogen (secondary N) is 1. The SMILES string of the molecule is CCS(=O)(=O)c1ccc(C(=O)NC2(c3ccc(F)cc3)CCCC2)cc1. The van der Waals surface area contributed by atoms with Gasteiger partial charge in [0, 0.05) is 5.56 Å². The molecular formula is C20H22FNO3S. The Morgan fingerprint density at radius 1 is 1.04 bits per heavy atom. The van der Waals surface area contributed by atoms with Gasteiger partial charge in [-0.15, -0.1) is 0 Å². The minimum Gasteiger partial charge on any atom is -0.343 e. The van der Waals surface area contributed by atoms with Crippen molar-refractivity contribution in [2.24, 2.45) is 0 Å². The molecule has 26 heavy (non-hydrogen) atoms. The van der Waals surface area contributed by atoms with Crippen LogP contribution in [0.1, 0.15) is 48.5 Å². The molecule has 0 aliphatic heterocycles. The molecule has 0 atom stereocenters. The van der Waals surface area contributed by atoms with Crippen LogP contribution in [0.2, 0.25) is 0 Å². The Morgan fingerprint density at radius 3 is 2.15 bits per heavy atom. The predicted molar refractivity (Wildman–Crippen MR) is 98.2 cm³/mol. The summed E-state index contributed by atoms with van der Waals surface area (Å²) >= 11 is 0. The van der Waals surface area contributed by atoms with E-state index in [0.717, 1.165) is 31.2 Å². The van der Waals surface area contributed by atoms with Crippen molar-refractivity contribution in [3.05, 3.63) is 65.5 Å². The average molecular weight is 375 g/mol. The standard InChI is InChI=1S/C20H22FNO3S/c1-2-26(24,25)18-11-5-15(6-12-18)19(23)22-20(13-3-4-14-20)16-7-9-17(21)10-8-16/h5-12H,2-4,13-14H2,1H3,(H,22,23). The van der Waals surface area contributed by atoms with Gasteiger partial charge in [0.1, 0.15) is 5.82 Å². The lowest BCUT2D eigenvalue weighted by molar-refractivity contribution is 0.0898. The summed E-state index contributed by atoms with van der Waals surface area (Å²) in [6.45, 7) is 1.59. The molecule has 138 valence electrons. The van der Waals surface area contributed by atoms with Gasteiger partial charge in [-0.25, -0.2) is 12.8 Å². The summed E-state index contributed by atoms with van der Waals surface area (Å²) in [5.74, 6) is -0.538. The maximum absolute atomic E-state index is 13.3. The highest BCUT2D eigenvalue weighted by molar-refractivity contribution is 7.91. The Labute approximate surface area is 153 Å². The maximum atomic E-state index is 13.3. The molecule has 4 nitrogen and oxygen atoms in total. The molecule has 0 saturated heterocycles. The van der Waals surface area contributed by atoms with Crippen LogP contribution in [0.15, 0.2) is 53.4 Å². The minimum atomic E-state index is -3.29. The quantitative estimate of drug-likeness (QED) is 0.864. The van der Waals surface area contributed by atoms with Gasteiger partial charge in [0.15, 0.2) is 9.84 Å². The number of sulfone groups is 1. The Morgan fingerprint density at radius 2 is 1.62 bits per heavy atom. The highest BCUT2D eigenvalue weighted by atomic mass is 32.2. The summed E-state index contributed by atoms with van der Waals surface area (Å²) in [6.07, 6.45) is 3.58. The van der Waals surface area contributed by atoms with Crippen molar-refractivity contribution >= 4 is 15.7 Å².